The topological polar surface area (TPSA) is 91.3 Å². The molecule has 0 aromatic heterocycles. The van der Waals surface area contributed by atoms with Crippen LogP contribution in [0.5, 0.6) is 5.75 Å². The second-order valence-electron chi connectivity index (χ2n) is 6.78. The second kappa shape index (κ2) is 9.40. The molecule has 0 unspecified atom stereocenters. The molecule has 0 atom stereocenters. The van der Waals surface area contributed by atoms with Gasteiger partial charge in [-0.15, -0.1) is 0 Å². The number of nitrogens with zero attached hydrogens (tertiary/aromatic N) is 2. The Balaban J connectivity index is 1.93. The predicted molar refractivity (Wildman–Crippen MR) is 107 cm³/mol. The van der Waals surface area contributed by atoms with Crippen LogP contribution in [-0.2, 0) is 11.3 Å². The minimum absolute atomic E-state index is 0.130. The van der Waals surface area contributed by atoms with Gasteiger partial charge in [0, 0.05) is 18.7 Å². The zero-order chi connectivity index (χ0) is 20.8. The highest BCUT2D eigenvalue weighted by Crippen LogP contribution is 2.31. The Morgan fingerprint density at radius 1 is 1.17 bits per heavy atom. The van der Waals surface area contributed by atoms with Crippen molar-refractivity contribution in [1.29, 1.82) is 0 Å². The third-order valence-electron chi connectivity index (χ3n) is 4.80. The molecule has 3 rings (SSSR count). The maximum Gasteiger partial charge on any atom is 0.325 e. The van der Waals surface area contributed by atoms with E-state index in [0.29, 0.717) is 49.8 Å². The molecule has 2 N–H and O–H groups in total. The number of carbonyl (C=O) groups is 2. The van der Waals surface area contributed by atoms with E-state index >= 15 is 0 Å². The third kappa shape index (κ3) is 4.85. The summed E-state index contributed by atoms with van der Waals surface area (Å²) < 4.78 is 10.9. The molecule has 29 heavy (non-hydrogen) atoms. The van der Waals surface area contributed by atoms with Gasteiger partial charge in [0.2, 0.25) is 0 Å². The van der Waals surface area contributed by atoms with Gasteiger partial charge in [0.25, 0.3) is 5.91 Å². The second-order valence-corrected chi connectivity index (χ2v) is 6.78. The molecule has 154 valence electrons. The van der Waals surface area contributed by atoms with E-state index in [4.69, 9.17) is 14.7 Å². The zero-order valence-corrected chi connectivity index (χ0v) is 16.6. The fourth-order valence-corrected chi connectivity index (χ4v) is 3.20. The number of hydrogen-bond donors (Lipinski definition) is 2. The lowest BCUT2D eigenvalue weighted by molar-refractivity contribution is 0.0547. The Morgan fingerprint density at radius 2 is 1.86 bits per heavy atom. The Bertz CT molecular complexity index is 863. The molecule has 2 aromatic rings. The maximum atomic E-state index is 13.3. The third-order valence-corrected chi connectivity index (χ3v) is 4.80. The lowest BCUT2D eigenvalue weighted by Gasteiger charge is -2.33. The van der Waals surface area contributed by atoms with Crippen LogP contribution in [0.4, 0.5) is 10.5 Å². The predicted octanol–water partition coefficient (Wildman–Crippen LogP) is 2.58. The first-order chi connectivity index (χ1) is 14.0. The average Bonchev–Trinajstić information content (AvgIpc) is 2.77. The van der Waals surface area contributed by atoms with Gasteiger partial charge in [-0.05, 0) is 42.3 Å². The first-order valence-electron chi connectivity index (χ1n) is 9.35. The monoisotopic (exact) mass is 399 g/mol. The standard InChI is InChI=1S/C21H25N3O5/c1-15-3-8-19(28-2)18(13-15)24(21(26)23-9-11-29-12-10-23)14-16-4-6-17(7-5-16)20(25)22-27/h3-8,13,27H,9-12,14H2,1-2H3,(H,22,25). The van der Waals surface area contributed by atoms with Crippen molar-refractivity contribution in [2.24, 2.45) is 0 Å². The molecule has 1 heterocycles. The molecule has 8 nitrogen and oxygen atoms in total. The summed E-state index contributed by atoms with van der Waals surface area (Å²) in [6.45, 7) is 4.34. The number of carbonyl (C=O) groups excluding carboxylic acids is 2. The van der Waals surface area contributed by atoms with E-state index in [1.165, 1.54) is 0 Å². The number of hydrogen-bond acceptors (Lipinski definition) is 5. The van der Waals surface area contributed by atoms with Crippen LogP contribution in [0.15, 0.2) is 42.5 Å². The van der Waals surface area contributed by atoms with Gasteiger partial charge in [-0.25, -0.2) is 10.3 Å². The highest BCUT2D eigenvalue weighted by molar-refractivity contribution is 5.94. The summed E-state index contributed by atoms with van der Waals surface area (Å²) in [5, 5.41) is 8.77. The Hall–Kier alpha value is -3.10. The van der Waals surface area contributed by atoms with E-state index in [9.17, 15) is 9.59 Å². The van der Waals surface area contributed by atoms with Crippen molar-refractivity contribution < 1.29 is 24.3 Å². The number of hydroxylamine groups is 1. The van der Waals surface area contributed by atoms with Crippen LogP contribution in [0.25, 0.3) is 0 Å². The largest absolute Gasteiger partial charge is 0.495 e. The molecule has 0 aliphatic carbocycles. The molecule has 3 amide bonds. The van der Waals surface area contributed by atoms with Crippen molar-refractivity contribution in [3.8, 4) is 5.75 Å². The number of methoxy groups -OCH3 is 1. The van der Waals surface area contributed by atoms with Gasteiger partial charge in [0.1, 0.15) is 5.75 Å². The number of rotatable bonds is 5. The summed E-state index contributed by atoms with van der Waals surface area (Å²) in [6, 6.07) is 12.3. The minimum atomic E-state index is -0.585. The van der Waals surface area contributed by atoms with E-state index in [-0.39, 0.29) is 6.03 Å². The van der Waals surface area contributed by atoms with E-state index < -0.39 is 5.91 Å². The number of morpholine rings is 1. The van der Waals surface area contributed by atoms with Gasteiger partial charge in [0.05, 0.1) is 32.6 Å². The number of amides is 3. The molecular weight excluding hydrogens is 374 g/mol. The van der Waals surface area contributed by atoms with E-state index in [1.807, 2.05) is 25.1 Å². The summed E-state index contributed by atoms with van der Waals surface area (Å²) in [7, 11) is 1.58. The van der Waals surface area contributed by atoms with E-state index in [1.54, 1.807) is 46.7 Å². The van der Waals surface area contributed by atoms with Crippen LogP contribution < -0.4 is 15.1 Å². The summed E-state index contributed by atoms with van der Waals surface area (Å²) in [6.07, 6.45) is 0. The molecule has 0 bridgehead atoms. The van der Waals surface area contributed by atoms with Crippen LogP contribution in [0.1, 0.15) is 21.5 Å². The van der Waals surface area contributed by atoms with Crippen LogP contribution >= 0.6 is 0 Å². The molecule has 1 aliphatic rings. The van der Waals surface area contributed by atoms with Crippen molar-refractivity contribution in [2.45, 2.75) is 13.5 Å². The maximum absolute atomic E-state index is 13.3. The number of urea groups is 1. The van der Waals surface area contributed by atoms with Gasteiger partial charge < -0.3 is 14.4 Å². The number of ether oxygens (including phenoxy) is 2. The Morgan fingerprint density at radius 3 is 2.48 bits per heavy atom. The first-order valence-corrected chi connectivity index (χ1v) is 9.35. The van der Waals surface area contributed by atoms with Gasteiger partial charge in [-0.3, -0.25) is 14.9 Å². The fraction of sp³-hybridized carbons (Fsp3) is 0.333. The summed E-state index contributed by atoms with van der Waals surface area (Å²) in [4.78, 5) is 28.3. The summed E-state index contributed by atoms with van der Waals surface area (Å²) in [5.41, 5.74) is 4.47. The van der Waals surface area contributed by atoms with Crippen molar-refractivity contribution in [3.63, 3.8) is 0 Å². The highest BCUT2D eigenvalue weighted by atomic mass is 16.5. The molecule has 0 saturated carbocycles. The van der Waals surface area contributed by atoms with Crippen LogP contribution in [-0.4, -0.2) is 55.5 Å². The first kappa shape index (κ1) is 20.6. The van der Waals surface area contributed by atoms with Crippen molar-refractivity contribution in [3.05, 3.63) is 59.2 Å². The molecule has 2 aromatic carbocycles. The number of nitrogens with one attached hydrogen (secondary N) is 1. The molecular formula is C21H25N3O5. The lowest BCUT2D eigenvalue weighted by atomic mass is 10.1. The van der Waals surface area contributed by atoms with E-state index in [2.05, 4.69) is 0 Å². The summed E-state index contributed by atoms with van der Waals surface area (Å²) in [5.74, 6) is 0.0200. The number of benzene rings is 2. The van der Waals surface area contributed by atoms with Crippen molar-refractivity contribution >= 4 is 17.6 Å². The Labute approximate surface area is 169 Å². The quantitative estimate of drug-likeness (QED) is 0.596. The smallest absolute Gasteiger partial charge is 0.325 e. The highest BCUT2D eigenvalue weighted by Gasteiger charge is 2.26. The average molecular weight is 399 g/mol. The Kier molecular flexibility index (Phi) is 6.69. The lowest BCUT2D eigenvalue weighted by Crippen LogP contribution is -2.48. The fourth-order valence-electron chi connectivity index (χ4n) is 3.20. The minimum Gasteiger partial charge on any atom is -0.495 e. The molecule has 1 saturated heterocycles. The van der Waals surface area contributed by atoms with Gasteiger partial charge in [-0.2, -0.15) is 0 Å². The van der Waals surface area contributed by atoms with Gasteiger partial charge >= 0.3 is 6.03 Å². The van der Waals surface area contributed by atoms with Crippen molar-refractivity contribution in [2.75, 3.05) is 38.3 Å². The number of aryl methyl sites for hydroxylation is 1. The molecule has 1 aliphatic heterocycles. The van der Waals surface area contributed by atoms with Gasteiger partial charge in [-0.1, -0.05) is 18.2 Å². The van der Waals surface area contributed by atoms with Gasteiger partial charge in [0.15, 0.2) is 0 Å². The van der Waals surface area contributed by atoms with Crippen LogP contribution in [0.2, 0.25) is 0 Å². The number of anilines is 1. The molecule has 0 radical (unpaired) electrons. The normalized spacial score (nSPS) is 13.7. The van der Waals surface area contributed by atoms with E-state index in [0.717, 1.165) is 11.1 Å². The SMILES string of the molecule is COc1ccc(C)cc1N(Cc1ccc(C(=O)NO)cc1)C(=O)N1CCOCC1. The molecule has 1 fully saturated rings. The van der Waals surface area contributed by atoms with Crippen molar-refractivity contribution in [1.82, 2.24) is 10.4 Å². The van der Waals surface area contributed by atoms with Crippen LogP contribution in [0, 0.1) is 6.92 Å². The molecule has 8 heteroatoms. The summed E-state index contributed by atoms with van der Waals surface area (Å²) >= 11 is 0. The zero-order valence-electron chi connectivity index (χ0n) is 16.6. The van der Waals surface area contributed by atoms with Crippen LogP contribution in [0.3, 0.4) is 0 Å². The molecule has 0 spiro atoms.